The third-order valence-corrected chi connectivity index (χ3v) is 11.6. The fourth-order valence-corrected chi connectivity index (χ4v) is 8.96. The van der Waals surface area contributed by atoms with Gasteiger partial charge in [0.1, 0.15) is 11.2 Å². The van der Waals surface area contributed by atoms with Crippen molar-refractivity contribution in [1.82, 2.24) is 19.6 Å². The number of halogens is 1. The van der Waals surface area contributed by atoms with Gasteiger partial charge in [-0.05, 0) is 100 Å². The molecule has 3 fully saturated rings. The molecule has 4 aliphatic heterocycles. The molecule has 4 aliphatic rings. The lowest BCUT2D eigenvalue weighted by atomic mass is 9.86. The van der Waals surface area contributed by atoms with Gasteiger partial charge in [0.25, 0.3) is 0 Å². The van der Waals surface area contributed by atoms with Crippen LogP contribution in [-0.2, 0) is 16.0 Å². The third kappa shape index (κ3) is 6.98. The number of urea groups is 1. The van der Waals surface area contributed by atoms with Gasteiger partial charge < -0.3 is 24.9 Å². The summed E-state index contributed by atoms with van der Waals surface area (Å²) < 4.78 is 15.5. The summed E-state index contributed by atoms with van der Waals surface area (Å²) in [6, 6.07) is 13.2. The first-order valence-corrected chi connectivity index (χ1v) is 17.6. The van der Waals surface area contributed by atoms with Crippen LogP contribution in [0, 0.1) is 5.82 Å². The molecule has 0 bridgehead atoms. The van der Waals surface area contributed by atoms with E-state index in [9.17, 15) is 14.4 Å². The largest absolute Gasteiger partial charge is 0.342 e. The molecular formula is C36H46FN5O3S. The second-order valence-corrected chi connectivity index (χ2v) is 14.7. The molecular weight excluding hydrogens is 601 g/mol. The summed E-state index contributed by atoms with van der Waals surface area (Å²) in [5.74, 6) is -0.191. The smallest absolute Gasteiger partial charge is 0.322 e. The van der Waals surface area contributed by atoms with E-state index in [1.165, 1.54) is 17.8 Å². The van der Waals surface area contributed by atoms with Crippen molar-refractivity contribution in [3.8, 4) is 0 Å². The van der Waals surface area contributed by atoms with Gasteiger partial charge in [-0.1, -0.05) is 35.9 Å². The molecule has 2 atom stereocenters. The van der Waals surface area contributed by atoms with Crippen LogP contribution < -0.4 is 5.32 Å². The van der Waals surface area contributed by atoms with Gasteiger partial charge in [-0.3, -0.25) is 9.59 Å². The maximum Gasteiger partial charge on any atom is 0.322 e. The molecule has 4 amide bonds. The topological polar surface area (TPSA) is 76.2 Å². The number of amides is 4. The number of benzene rings is 2. The third-order valence-electron chi connectivity index (χ3n) is 10.2. The van der Waals surface area contributed by atoms with Crippen molar-refractivity contribution in [2.75, 3.05) is 51.6 Å². The minimum atomic E-state index is -0.524. The summed E-state index contributed by atoms with van der Waals surface area (Å²) in [5, 5.41) is 2.19. The maximum atomic E-state index is 15.5. The zero-order valence-corrected chi connectivity index (χ0v) is 27.9. The number of thioether (sulfide) groups is 1. The predicted octanol–water partition coefficient (Wildman–Crippen LogP) is 6.02. The number of anilines is 1. The van der Waals surface area contributed by atoms with Crippen LogP contribution in [0.15, 0.2) is 54.6 Å². The van der Waals surface area contributed by atoms with E-state index >= 15 is 4.39 Å². The molecule has 2 aromatic rings. The monoisotopic (exact) mass is 647 g/mol. The average molecular weight is 648 g/mol. The average Bonchev–Trinajstić information content (AvgIpc) is 3.24. The Labute approximate surface area is 276 Å². The highest BCUT2D eigenvalue weighted by molar-refractivity contribution is 8.01. The molecule has 1 unspecified atom stereocenters. The number of hydrogen-bond donors (Lipinski definition) is 1. The number of fused-ring (bicyclic) bond motifs is 1. The van der Waals surface area contributed by atoms with E-state index in [0.29, 0.717) is 45.4 Å². The number of nitrogens with one attached hydrogen (secondary N) is 1. The van der Waals surface area contributed by atoms with E-state index in [1.54, 1.807) is 6.07 Å². The normalized spacial score (nSPS) is 23.3. The molecule has 0 saturated carbocycles. The zero-order valence-electron chi connectivity index (χ0n) is 27.1. The van der Waals surface area contributed by atoms with Crippen LogP contribution in [0.1, 0.15) is 73.4 Å². The molecule has 10 heteroatoms. The van der Waals surface area contributed by atoms with Crippen LogP contribution in [0.25, 0.3) is 0 Å². The van der Waals surface area contributed by atoms with Crippen molar-refractivity contribution in [2.45, 2.75) is 74.5 Å². The Morgan fingerprint density at radius 1 is 1.00 bits per heavy atom. The Morgan fingerprint density at radius 2 is 1.74 bits per heavy atom. The number of piperidine rings is 2. The van der Waals surface area contributed by atoms with Gasteiger partial charge in [0.05, 0.1) is 5.25 Å². The van der Waals surface area contributed by atoms with Crippen LogP contribution in [0.3, 0.4) is 0 Å². The molecule has 8 nitrogen and oxygen atoms in total. The Bertz CT molecular complexity index is 1470. The summed E-state index contributed by atoms with van der Waals surface area (Å²) in [4.78, 5) is 48.5. The summed E-state index contributed by atoms with van der Waals surface area (Å²) in [7, 11) is 2.10. The summed E-state index contributed by atoms with van der Waals surface area (Å²) >= 11 is 1.49. The second kappa shape index (κ2) is 14.2. The molecule has 0 aliphatic carbocycles. The first-order valence-electron chi connectivity index (χ1n) is 16.7. The molecule has 246 valence electrons. The Kier molecular flexibility index (Phi) is 10.0. The van der Waals surface area contributed by atoms with Crippen molar-refractivity contribution in [2.24, 2.45) is 0 Å². The van der Waals surface area contributed by atoms with Gasteiger partial charge >= 0.3 is 6.03 Å². The standard InChI is InChI=1S/C36H46FN5O3S/c1-24(2)11-21-42-34(44)31(46-35(42)28-8-6-9-29(37)33(28)26-12-17-39(3)18-13-26)23-32(43)40-19-15-27(16-20-40)41-22-14-25-7-4-5-10-30(25)38-36(41)45/h4-10,26-27,31,35H,1,11-23H2,2-3H3,(H,38,45)/t31-,35?/m0/s1. The molecule has 2 aromatic carbocycles. The lowest BCUT2D eigenvalue weighted by Gasteiger charge is -2.38. The SMILES string of the molecule is C=C(C)CCN1C(=O)[C@H](CC(=O)N2CCC(N3CCc4ccccc4NC3=O)CC2)SC1c1cccc(F)c1C1CCN(C)CC1. The van der Waals surface area contributed by atoms with Gasteiger partial charge in [-0.2, -0.15) is 0 Å². The van der Waals surface area contributed by atoms with Crippen molar-refractivity contribution in [1.29, 1.82) is 0 Å². The first-order chi connectivity index (χ1) is 22.2. The number of carbonyl (C=O) groups is 3. The summed E-state index contributed by atoms with van der Waals surface area (Å²) in [6.07, 6.45) is 4.74. The van der Waals surface area contributed by atoms with Crippen LogP contribution in [0.5, 0.6) is 0 Å². The van der Waals surface area contributed by atoms with Crippen molar-refractivity contribution in [3.05, 3.63) is 77.1 Å². The number of rotatable bonds is 8. The Morgan fingerprint density at radius 3 is 2.48 bits per heavy atom. The quantitative estimate of drug-likeness (QED) is 0.355. The van der Waals surface area contributed by atoms with Crippen molar-refractivity contribution < 1.29 is 18.8 Å². The summed E-state index contributed by atoms with van der Waals surface area (Å²) in [6.45, 7) is 10.1. The molecule has 1 N–H and O–H groups in total. The number of para-hydroxylation sites is 1. The maximum absolute atomic E-state index is 15.5. The van der Waals surface area contributed by atoms with Crippen LogP contribution in [0.4, 0.5) is 14.9 Å². The fourth-order valence-electron chi connectivity index (χ4n) is 7.45. The molecule has 0 aromatic heterocycles. The number of likely N-dealkylation sites (tertiary alicyclic amines) is 2. The highest BCUT2D eigenvalue weighted by atomic mass is 32.2. The molecule has 0 radical (unpaired) electrons. The number of hydrogen-bond acceptors (Lipinski definition) is 5. The lowest BCUT2D eigenvalue weighted by molar-refractivity contribution is -0.136. The van der Waals surface area contributed by atoms with Crippen molar-refractivity contribution >= 4 is 35.3 Å². The molecule has 4 heterocycles. The van der Waals surface area contributed by atoms with Gasteiger partial charge in [0.2, 0.25) is 11.8 Å². The minimum Gasteiger partial charge on any atom is -0.342 e. The Hall–Kier alpha value is -3.37. The Balaban J connectivity index is 1.12. The summed E-state index contributed by atoms with van der Waals surface area (Å²) in [5.41, 5.74) is 4.58. The van der Waals surface area contributed by atoms with E-state index < -0.39 is 5.25 Å². The van der Waals surface area contributed by atoms with Gasteiger partial charge in [-0.25, -0.2) is 9.18 Å². The second-order valence-electron chi connectivity index (χ2n) is 13.4. The van der Waals surface area contributed by atoms with Crippen molar-refractivity contribution in [3.63, 3.8) is 0 Å². The molecule has 3 saturated heterocycles. The van der Waals surface area contributed by atoms with Crippen LogP contribution >= 0.6 is 11.8 Å². The van der Waals surface area contributed by atoms with E-state index in [1.807, 2.05) is 45.9 Å². The van der Waals surface area contributed by atoms with Crippen LogP contribution in [-0.4, -0.2) is 95.1 Å². The first kappa shape index (κ1) is 32.6. The van der Waals surface area contributed by atoms with E-state index in [-0.39, 0.29) is 47.4 Å². The van der Waals surface area contributed by atoms with E-state index in [2.05, 4.69) is 29.9 Å². The minimum absolute atomic E-state index is 0.0349. The predicted molar refractivity (Wildman–Crippen MR) is 181 cm³/mol. The zero-order chi connectivity index (χ0) is 32.4. The van der Waals surface area contributed by atoms with Crippen LogP contribution in [0.2, 0.25) is 0 Å². The number of nitrogens with zero attached hydrogens (tertiary/aromatic N) is 4. The highest BCUT2D eigenvalue weighted by Crippen LogP contribution is 2.48. The molecule has 46 heavy (non-hydrogen) atoms. The van der Waals surface area contributed by atoms with E-state index in [4.69, 9.17) is 0 Å². The van der Waals surface area contributed by atoms with Gasteiger partial charge in [0, 0.05) is 44.3 Å². The fraction of sp³-hybridized carbons (Fsp3) is 0.528. The molecule has 0 spiro atoms. The number of carbonyl (C=O) groups excluding carboxylic acids is 3. The van der Waals surface area contributed by atoms with E-state index in [0.717, 1.165) is 60.3 Å². The van der Waals surface area contributed by atoms with Gasteiger partial charge in [-0.15, -0.1) is 18.3 Å². The lowest BCUT2D eigenvalue weighted by Crippen LogP contribution is -2.50. The highest BCUT2D eigenvalue weighted by Gasteiger charge is 2.44. The molecule has 6 rings (SSSR count). The van der Waals surface area contributed by atoms with Gasteiger partial charge in [0.15, 0.2) is 0 Å².